The minimum absolute atomic E-state index is 0.181. The van der Waals surface area contributed by atoms with Crippen molar-refractivity contribution in [2.75, 3.05) is 19.3 Å². The maximum absolute atomic E-state index is 11.8. The molecule has 1 fully saturated rings. The number of nitrogens with one attached hydrogen (secondary N) is 1. The second kappa shape index (κ2) is 6.55. The molecule has 21 heavy (non-hydrogen) atoms. The second-order valence-corrected chi connectivity index (χ2v) is 7.22. The van der Waals surface area contributed by atoms with Gasteiger partial charge >= 0.3 is 0 Å². The molecular formula is C14H21N3O3S. The lowest BCUT2D eigenvalue weighted by atomic mass is 9.99. The van der Waals surface area contributed by atoms with E-state index in [1.807, 2.05) is 35.2 Å². The lowest BCUT2D eigenvalue weighted by Gasteiger charge is -2.37. The SMILES string of the molecule is CS(=O)(=O)N[C@@H]1CCCN([C@H](C(N)=O)c2ccccc2)C1. The molecule has 0 spiro atoms. The van der Waals surface area contributed by atoms with E-state index in [0.29, 0.717) is 6.54 Å². The fourth-order valence-corrected chi connectivity index (χ4v) is 3.63. The number of sulfonamides is 1. The first-order valence-electron chi connectivity index (χ1n) is 6.92. The summed E-state index contributed by atoms with van der Waals surface area (Å²) in [5.74, 6) is -0.416. The molecule has 1 saturated heterocycles. The summed E-state index contributed by atoms with van der Waals surface area (Å²) in [6.45, 7) is 1.21. The molecule has 6 nitrogen and oxygen atoms in total. The van der Waals surface area contributed by atoms with Crippen molar-refractivity contribution in [1.82, 2.24) is 9.62 Å². The van der Waals surface area contributed by atoms with Crippen molar-refractivity contribution < 1.29 is 13.2 Å². The zero-order chi connectivity index (χ0) is 15.5. The smallest absolute Gasteiger partial charge is 0.239 e. The summed E-state index contributed by atoms with van der Waals surface area (Å²) < 4.78 is 25.3. The highest BCUT2D eigenvalue weighted by molar-refractivity contribution is 7.88. The number of hydrogen-bond donors (Lipinski definition) is 2. The summed E-state index contributed by atoms with van der Waals surface area (Å²) in [4.78, 5) is 13.8. The molecule has 1 aliphatic heterocycles. The van der Waals surface area contributed by atoms with Crippen LogP contribution in [0.2, 0.25) is 0 Å². The minimum Gasteiger partial charge on any atom is -0.368 e. The molecule has 1 heterocycles. The fraction of sp³-hybridized carbons (Fsp3) is 0.500. The van der Waals surface area contributed by atoms with Crippen LogP contribution in [0.3, 0.4) is 0 Å². The Balaban J connectivity index is 2.16. The van der Waals surface area contributed by atoms with Crippen molar-refractivity contribution in [2.24, 2.45) is 5.73 Å². The number of benzene rings is 1. The molecule has 1 aliphatic rings. The van der Waals surface area contributed by atoms with E-state index in [-0.39, 0.29) is 6.04 Å². The summed E-state index contributed by atoms with van der Waals surface area (Å²) in [7, 11) is -3.25. The molecule has 0 unspecified atom stereocenters. The largest absolute Gasteiger partial charge is 0.368 e. The number of carbonyl (C=O) groups excluding carboxylic acids is 1. The standard InChI is InChI=1S/C14H21N3O3S/c1-21(19,20)16-12-8-5-9-17(10-12)13(14(15)18)11-6-3-2-4-7-11/h2-4,6-7,12-13,16H,5,8-10H2,1H3,(H2,15,18)/t12-,13+/m1/s1. The van der Waals surface area contributed by atoms with Crippen LogP contribution in [0, 0.1) is 0 Å². The summed E-state index contributed by atoms with van der Waals surface area (Å²) in [6.07, 6.45) is 2.74. The number of rotatable bonds is 5. The lowest BCUT2D eigenvalue weighted by molar-refractivity contribution is -0.124. The van der Waals surface area contributed by atoms with Crippen LogP contribution in [-0.2, 0) is 14.8 Å². The second-order valence-electron chi connectivity index (χ2n) is 5.44. The first-order valence-corrected chi connectivity index (χ1v) is 8.81. The Bertz CT molecular complexity index is 589. The Morgan fingerprint density at radius 2 is 2.05 bits per heavy atom. The third kappa shape index (κ3) is 4.52. The van der Waals surface area contributed by atoms with Gasteiger partial charge < -0.3 is 5.73 Å². The van der Waals surface area contributed by atoms with E-state index in [1.54, 1.807) is 0 Å². The van der Waals surface area contributed by atoms with Crippen molar-refractivity contribution in [1.29, 1.82) is 0 Å². The highest BCUT2D eigenvalue weighted by atomic mass is 32.2. The molecule has 0 aliphatic carbocycles. The Hall–Kier alpha value is -1.44. The zero-order valence-electron chi connectivity index (χ0n) is 12.0. The zero-order valence-corrected chi connectivity index (χ0v) is 12.8. The van der Waals surface area contributed by atoms with Gasteiger partial charge in [-0.15, -0.1) is 0 Å². The van der Waals surface area contributed by atoms with Crippen molar-refractivity contribution in [3.05, 3.63) is 35.9 Å². The summed E-state index contributed by atoms with van der Waals surface area (Å²) in [5, 5.41) is 0. The Labute approximate surface area is 125 Å². The molecule has 3 N–H and O–H groups in total. The predicted molar refractivity (Wildman–Crippen MR) is 81.0 cm³/mol. The van der Waals surface area contributed by atoms with Gasteiger partial charge in [-0.1, -0.05) is 30.3 Å². The van der Waals surface area contributed by atoms with Gasteiger partial charge in [-0.05, 0) is 24.9 Å². The van der Waals surface area contributed by atoms with Gasteiger partial charge in [0.15, 0.2) is 0 Å². The Morgan fingerprint density at radius 1 is 1.38 bits per heavy atom. The van der Waals surface area contributed by atoms with E-state index in [1.165, 1.54) is 0 Å². The highest BCUT2D eigenvalue weighted by Gasteiger charge is 2.31. The first kappa shape index (κ1) is 15.9. The molecule has 0 saturated carbocycles. The number of hydrogen-bond acceptors (Lipinski definition) is 4. The van der Waals surface area contributed by atoms with Crippen LogP contribution >= 0.6 is 0 Å². The molecular weight excluding hydrogens is 290 g/mol. The fourth-order valence-electron chi connectivity index (χ4n) is 2.83. The highest BCUT2D eigenvalue weighted by Crippen LogP contribution is 2.24. The monoisotopic (exact) mass is 311 g/mol. The molecule has 7 heteroatoms. The topological polar surface area (TPSA) is 92.5 Å². The number of likely N-dealkylation sites (tertiary alicyclic amines) is 1. The van der Waals surface area contributed by atoms with Crippen molar-refractivity contribution in [3.63, 3.8) is 0 Å². The maximum atomic E-state index is 11.8. The van der Waals surface area contributed by atoms with Gasteiger partial charge in [-0.25, -0.2) is 13.1 Å². The van der Waals surface area contributed by atoms with Crippen LogP contribution < -0.4 is 10.5 Å². The third-order valence-electron chi connectivity index (χ3n) is 3.58. The number of carbonyl (C=O) groups is 1. The first-order chi connectivity index (χ1) is 9.87. The summed E-state index contributed by atoms with van der Waals surface area (Å²) in [5.41, 5.74) is 6.39. The maximum Gasteiger partial charge on any atom is 0.239 e. The Kier molecular flexibility index (Phi) is 4.97. The molecule has 0 radical (unpaired) electrons. The number of primary amides is 1. The van der Waals surface area contributed by atoms with Crippen molar-refractivity contribution >= 4 is 15.9 Å². The molecule has 1 aromatic carbocycles. The van der Waals surface area contributed by atoms with Gasteiger partial charge in [0.25, 0.3) is 0 Å². The van der Waals surface area contributed by atoms with Gasteiger partial charge in [-0.2, -0.15) is 0 Å². The van der Waals surface area contributed by atoms with Crippen LogP contribution in [0.1, 0.15) is 24.4 Å². The molecule has 2 atom stereocenters. The van der Waals surface area contributed by atoms with Crippen molar-refractivity contribution in [3.8, 4) is 0 Å². The van der Waals surface area contributed by atoms with Gasteiger partial charge in [-0.3, -0.25) is 9.69 Å². The third-order valence-corrected chi connectivity index (χ3v) is 4.34. The Morgan fingerprint density at radius 3 is 2.62 bits per heavy atom. The van der Waals surface area contributed by atoms with E-state index in [9.17, 15) is 13.2 Å². The van der Waals surface area contributed by atoms with E-state index in [0.717, 1.165) is 31.2 Å². The molecule has 2 rings (SSSR count). The van der Waals surface area contributed by atoms with Gasteiger partial charge in [0.1, 0.15) is 6.04 Å². The minimum atomic E-state index is -3.25. The predicted octanol–water partition coefficient (Wildman–Crippen LogP) is 0.227. The van der Waals surface area contributed by atoms with E-state index >= 15 is 0 Å². The number of nitrogens with two attached hydrogens (primary N) is 1. The van der Waals surface area contributed by atoms with E-state index in [4.69, 9.17) is 5.73 Å². The van der Waals surface area contributed by atoms with Crippen LogP contribution in [0.4, 0.5) is 0 Å². The van der Waals surface area contributed by atoms with Crippen LogP contribution in [0.5, 0.6) is 0 Å². The van der Waals surface area contributed by atoms with Crippen LogP contribution in [0.15, 0.2) is 30.3 Å². The van der Waals surface area contributed by atoms with Gasteiger partial charge in [0.05, 0.1) is 6.26 Å². The number of piperidine rings is 1. The quantitative estimate of drug-likeness (QED) is 0.814. The molecule has 116 valence electrons. The molecule has 0 aromatic heterocycles. The average Bonchev–Trinajstić information content (AvgIpc) is 2.38. The van der Waals surface area contributed by atoms with Crippen LogP contribution in [0.25, 0.3) is 0 Å². The average molecular weight is 311 g/mol. The normalized spacial score (nSPS) is 21.9. The van der Waals surface area contributed by atoms with E-state index < -0.39 is 22.0 Å². The van der Waals surface area contributed by atoms with E-state index in [2.05, 4.69) is 4.72 Å². The molecule has 1 amide bonds. The summed E-state index contributed by atoms with van der Waals surface area (Å²) in [6, 6.07) is 8.63. The molecule has 0 bridgehead atoms. The van der Waals surface area contributed by atoms with Crippen LogP contribution in [-0.4, -0.2) is 44.6 Å². The number of nitrogens with zero attached hydrogens (tertiary/aromatic N) is 1. The number of amides is 1. The lowest BCUT2D eigenvalue weighted by Crippen LogP contribution is -2.50. The van der Waals surface area contributed by atoms with Gasteiger partial charge in [0, 0.05) is 12.6 Å². The van der Waals surface area contributed by atoms with Crippen molar-refractivity contribution in [2.45, 2.75) is 24.9 Å². The summed E-state index contributed by atoms with van der Waals surface area (Å²) >= 11 is 0. The molecule has 1 aromatic rings. The van der Waals surface area contributed by atoms with Gasteiger partial charge in [0.2, 0.25) is 15.9 Å².